The summed E-state index contributed by atoms with van der Waals surface area (Å²) in [6.07, 6.45) is 17.1. The number of aliphatic hydroxyl groups is 4. The molecule has 0 spiro atoms. The molecule has 0 aliphatic carbocycles. The molecule has 35 nitrogen and oxygen atoms in total. The number of aliphatic carboxylic acids is 1. The molecule has 720 valence electrons. The average Bonchev–Trinajstić information content (AvgIpc) is 1.72. The second-order valence-corrected chi connectivity index (χ2v) is 32.4. The van der Waals surface area contributed by atoms with Gasteiger partial charge in [-0.3, -0.25) is 47.9 Å². The van der Waals surface area contributed by atoms with Gasteiger partial charge in [0.2, 0.25) is 17.9 Å². The Hall–Kier alpha value is -15.6. The number of carbonyl (C=O) groups excluding carboxylic acids is 2. The number of benzene rings is 6. The summed E-state index contributed by atoms with van der Waals surface area (Å²) >= 11 is 0. The highest BCUT2D eigenvalue weighted by atomic mass is 35.5. The van der Waals surface area contributed by atoms with E-state index >= 15 is 0 Å². The first-order valence-electron chi connectivity index (χ1n) is 44.8. The van der Waals surface area contributed by atoms with E-state index in [4.69, 9.17) is 53.9 Å². The number of rotatable bonds is 18. The molecule has 4 aliphatic heterocycles. The summed E-state index contributed by atoms with van der Waals surface area (Å²) < 4.78 is 52.8. The number of H-pyrrole nitrogens is 2. The Kier molecular flexibility index (Phi) is 33.7. The molecular formula is C102H98ClF3N24O11. The molecule has 4 fully saturated rings. The van der Waals surface area contributed by atoms with Crippen LogP contribution in [0.1, 0.15) is 115 Å². The molecular weight excluding hydrogens is 1830 g/mol. The topological polar surface area (TPSA) is 459 Å². The second-order valence-electron chi connectivity index (χ2n) is 32.4. The van der Waals surface area contributed by atoms with Gasteiger partial charge in [-0.1, -0.05) is 171 Å². The number of ether oxygens (including phenoxy) is 3. The number of aromatic amines is 2. The molecule has 0 saturated carbocycles. The van der Waals surface area contributed by atoms with Crippen molar-refractivity contribution in [1.82, 2.24) is 119 Å². The average molecular weight is 1930 g/mol. The first-order valence-corrected chi connectivity index (χ1v) is 44.8. The molecule has 8 N–H and O–H groups in total. The molecule has 13 aromatic heterocycles. The predicted octanol–water partition coefficient (Wildman–Crippen LogP) is 15.5. The quantitative estimate of drug-likeness (QED) is 0.0370. The molecule has 6 aromatic carbocycles. The summed E-state index contributed by atoms with van der Waals surface area (Å²) in [4.78, 5) is 72.3. The zero-order valence-electron chi connectivity index (χ0n) is 75.2. The standard InChI is InChI=1S/C34H30N10O.C25H20N4O3.C23H16N4O2.C11H14N6.C4H8O.C2HF3O.C2H4O3.CH4.ClH/c45-21-30-39-42-34-27-18-26(23-4-2-1-3-5-23)31(37-28(27)12-17-44(30)34)24-8-6-22(7-9-24)20-43-15-10-25(11-16-43)32-38-33(41-40-32)29-19-35-13-14-36-29;30-15-22-27-28-24-20-14-19(16-4-2-1-3-5-16)23(26-21(20)10-11-29(22)24)17-6-8-18(9-7-17)25-31-12-13-32-25;28-13-15-6-8-17(9-7-15)22-18(16-4-2-1-3-5-16)12-19-20(24-22)10-11-27-21(14-29)25-26-23(19)27;1-3-12-4-2-8(1)10-15-11(17-16-10)9-7-13-5-6-14-9;1-2-4-5-3-1;3-2(4,5)1-6;3-1-2(4)5;;/h1-9,12-14,17-19,25,45H,10-11,15-16,20-21H2,(H,38,40,41);1-11,14,25,30H,12-13,15H2;1-13,29H,14H2;5-8,12H,1-4H2,(H,15,16,17);1-4H2;1H;3H,1H2,(H,4,5);1H4;1H. The van der Waals surface area contributed by atoms with Crippen molar-refractivity contribution in [3.63, 3.8) is 0 Å². The number of carboxylic acids is 1. The van der Waals surface area contributed by atoms with Gasteiger partial charge in [0.05, 0.1) is 59.2 Å². The Balaban J connectivity index is 0.000000139. The zero-order chi connectivity index (χ0) is 96.0. The lowest BCUT2D eigenvalue weighted by Crippen LogP contribution is -2.32. The van der Waals surface area contributed by atoms with Gasteiger partial charge in [0.25, 0.3) is 0 Å². The summed E-state index contributed by atoms with van der Waals surface area (Å²) in [6.45, 7) is 6.89. The minimum atomic E-state index is -4.64. The molecule has 0 amide bonds. The van der Waals surface area contributed by atoms with Gasteiger partial charge in [0, 0.05) is 136 Å². The Bertz CT molecular complexity index is 7340. The highest BCUT2D eigenvalue weighted by Crippen LogP contribution is 2.40. The Morgan fingerprint density at radius 2 is 0.851 bits per heavy atom. The Labute approximate surface area is 810 Å². The van der Waals surface area contributed by atoms with Gasteiger partial charge >= 0.3 is 12.1 Å². The number of hydrogen-bond acceptors (Lipinski definition) is 29. The number of fused-ring (bicyclic) bond motifs is 9. The molecule has 0 unspecified atom stereocenters. The van der Waals surface area contributed by atoms with E-state index in [1.807, 2.05) is 132 Å². The van der Waals surface area contributed by atoms with E-state index in [9.17, 15) is 33.3 Å². The Morgan fingerprint density at radius 1 is 0.468 bits per heavy atom. The van der Waals surface area contributed by atoms with Gasteiger partial charge in [-0.05, 0) is 123 Å². The van der Waals surface area contributed by atoms with Crippen LogP contribution in [-0.4, -0.2) is 223 Å². The van der Waals surface area contributed by atoms with Crippen molar-refractivity contribution in [1.29, 1.82) is 0 Å². The van der Waals surface area contributed by atoms with Gasteiger partial charge in [0.15, 0.2) is 40.7 Å². The maximum atomic E-state index is 11.0. The molecule has 0 bridgehead atoms. The molecule has 39 heteroatoms. The van der Waals surface area contributed by atoms with Crippen LogP contribution in [0.25, 0.3) is 140 Å². The van der Waals surface area contributed by atoms with Crippen molar-refractivity contribution in [2.45, 2.75) is 96.6 Å². The molecule has 4 aliphatic rings. The van der Waals surface area contributed by atoms with E-state index in [0.717, 1.165) is 195 Å². The lowest BCUT2D eigenvalue weighted by molar-refractivity contribution is -0.156. The fourth-order valence-corrected chi connectivity index (χ4v) is 16.5. The molecule has 17 heterocycles. The SMILES string of the molecule is C.C1CCOC1.Cl.O=C(O)CO.O=CC(F)(F)F.O=Cc1ccc(-c2nc3ccn4c(CO)nnc4c3cc2-c2ccccc2)cc1.OCc1nnc2c3cc(-c4ccccc4)c(-c4ccc(C5OCCO5)cc4)nc3ccn12.OCc1nnc2c3cc(-c4ccccc4)c(-c4ccc(CN5CCC(c6nc(-c7cnccn7)n[nH]6)CC5)cc4)nc3ccn12.c1cnc(-c2n[nH]c(C3CCNCC3)n2)cn1. The lowest BCUT2D eigenvalue weighted by atomic mass is 9.95. The number of pyridine rings is 6. The fraction of sp³-hybridized carbons (Fsp3) is 0.235. The third-order valence-corrected chi connectivity index (χ3v) is 23.4. The third-order valence-electron chi connectivity index (χ3n) is 23.4. The summed E-state index contributed by atoms with van der Waals surface area (Å²) in [6, 6.07) is 66.9. The minimum absolute atomic E-state index is 0. The summed E-state index contributed by atoms with van der Waals surface area (Å²) in [5.41, 5.74) is 20.5. The van der Waals surface area contributed by atoms with Crippen molar-refractivity contribution in [3.05, 3.63) is 302 Å². The van der Waals surface area contributed by atoms with Crippen LogP contribution in [-0.2, 0) is 50.2 Å². The number of aromatic nitrogens is 22. The van der Waals surface area contributed by atoms with Crippen LogP contribution < -0.4 is 5.32 Å². The summed E-state index contributed by atoms with van der Waals surface area (Å²) in [5, 5.41) is 89.7. The van der Waals surface area contributed by atoms with Crippen molar-refractivity contribution < 1.29 is 67.3 Å². The number of hydrogen-bond donors (Lipinski definition) is 8. The first-order chi connectivity index (χ1) is 68.1. The van der Waals surface area contributed by atoms with Crippen LogP contribution in [0.2, 0.25) is 0 Å². The highest BCUT2D eigenvalue weighted by molar-refractivity contribution is 6.01. The number of nitrogens with one attached hydrogen (secondary N) is 3. The van der Waals surface area contributed by atoms with E-state index < -0.39 is 25.0 Å². The summed E-state index contributed by atoms with van der Waals surface area (Å²) in [5.74, 6) is 4.25. The number of alkyl halides is 3. The number of carbonyl (C=O) groups is 3. The number of likely N-dealkylation sites (tertiary alicyclic amines) is 1. The zero-order valence-corrected chi connectivity index (χ0v) is 76.0. The number of nitrogens with zero attached hydrogens (tertiary/aromatic N) is 21. The second kappa shape index (κ2) is 47.6. The van der Waals surface area contributed by atoms with E-state index in [2.05, 4.69) is 165 Å². The summed E-state index contributed by atoms with van der Waals surface area (Å²) in [7, 11) is 0. The largest absolute Gasteiger partial charge is 0.480 e. The molecule has 141 heavy (non-hydrogen) atoms. The van der Waals surface area contributed by atoms with E-state index in [-0.39, 0.29) is 45.9 Å². The number of carboxylic acid groups (broad SMARTS) is 1. The maximum Gasteiger partial charge on any atom is 0.446 e. The van der Waals surface area contributed by atoms with Crippen LogP contribution in [0.15, 0.2) is 256 Å². The number of halogens is 4. The molecule has 19 aromatic rings. The van der Waals surface area contributed by atoms with Crippen LogP contribution in [0.4, 0.5) is 13.2 Å². The molecule has 0 atom stereocenters. The Morgan fingerprint density at radius 3 is 1.20 bits per heavy atom. The first kappa shape index (κ1) is 99.8. The maximum absolute atomic E-state index is 11.0. The van der Waals surface area contributed by atoms with Gasteiger partial charge in [-0.25, -0.2) is 39.7 Å². The van der Waals surface area contributed by atoms with Crippen molar-refractivity contribution in [2.24, 2.45) is 0 Å². The normalized spacial score (nSPS) is 13.9. The van der Waals surface area contributed by atoms with Crippen molar-refractivity contribution in [3.8, 4) is 90.2 Å². The molecule has 0 radical (unpaired) electrons. The van der Waals surface area contributed by atoms with E-state index in [1.54, 1.807) is 58.1 Å². The number of aliphatic hydroxyl groups excluding tert-OH is 4. The van der Waals surface area contributed by atoms with Crippen molar-refractivity contribution >= 4 is 80.6 Å². The molecule has 23 rings (SSSR count). The van der Waals surface area contributed by atoms with Gasteiger partial charge in [-0.15, -0.1) is 43.0 Å². The van der Waals surface area contributed by atoms with Gasteiger partial charge in [0.1, 0.15) is 55.8 Å². The molecule has 4 saturated heterocycles. The highest BCUT2D eigenvalue weighted by Gasteiger charge is 2.28. The van der Waals surface area contributed by atoms with E-state index in [1.165, 1.54) is 18.4 Å². The van der Waals surface area contributed by atoms with Crippen LogP contribution in [0, 0.1) is 0 Å². The number of aldehydes is 2. The van der Waals surface area contributed by atoms with Crippen LogP contribution >= 0.6 is 12.4 Å². The monoisotopic (exact) mass is 1930 g/mol. The van der Waals surface area contributed by atoms with Crippen molar-refractivity contribution in [2.75, 3.05) is 59.2 Å². The smallest absolute Gasteiger partial charge is 0.446 e. The van der Waals surface area contributed by atoms with Crippen LogP contribution in [0.3, 0.4) is 0 Å². The lowest BCUT2D eigenvalue weighted by Gasteiger charge is -2.31. The minimum Gasteiger partial charge on any atom is -0.480 e. The van der Waals surface area contributed by atoms with Gasteiger partial charge < -0.3 is 45.1 Å². The third kappa shape index (κ3) is 24.2. The van der Waals surface area contributed by atoms with Gasteiger partial charge in [-0.2, -0.15) is 23.4 Å². The number of piperidine rings is 2. The van der Waals surface area contributed by atoms with Crippen LogP contribution in [0.5, 0.6) is 0 Å². The van der Waals surface area contributed by atoms with E-state index in [0.29, 0.717) is 88.1 Å². The predicted molar refractivity (Wildman–Crippen MR) is 523 cm³/mol. The fourth-order valence-electron chi connectivity index (χ4n) is 16.5.